The monoisotopic (exact) mass is 364 g/mol. The lowest BCUT2D eigenvalue weighted by Gasteiger charge is -2.13. The molecule has 104 valence electrons. The molecule has 6 nitrogen and oxygen atoms in total. The second-order valence-corrected chi connectivity index (χ2v) is 8.43. The van der Waals surface area contributed by atoms with Crippen molar-refractivity contribution in [1.82, 2.24) is 19.5 Å². The molecular formula is C10H13BrN4O2S2. The van der Waals surface area contributed by atoms with Crippen molar-refractivity contribution in [3.8, 4) is 0 Å². The molecule has 0 fully saturated rings. The van der Waals surface area contributed by atoms with E-state index in [1.54, 1.807) is 31.5 Å². The van der Waals surface area contributed by atoms with Crippen molar-refractivity contribution in [2.75, 3.05) is 0 Å². The van der Waals surface area contributed by atoms with E-state index in [1.807, 2.05) is 0 Å². The second-order valence-electron chi connectivity index (χ2n) is 4.11. The minimum Gasteiger partial charge on any atom is -0.319 e. The summed E-state index contributed by atoms with van der Waals surface area (Å²) in [7, 11) is -1.79. The maximum Gasteiger partial charge on any atom is 0.242 e. The summed E-state index contributed by atoms with van der Waals surface area (Å²) in [6, 6.07) is 1.15. The zero-order valence-electron chi connectivity index (χ0n) is 10.6. The molecule has 2 rings (SSSR count). The highest BCUT2D eigenvalue weighted by molar-refractivity contribution is 9.11. The molecule has 1 unspecified atom stereocenters. The Kier molecular flexibility index (Phi) is 4.09. The molecule has 0 aliphatic carbocycles. The number of aryl methyl sites for hydroxylation is 2. The molecule has 1 N–H and O–H groups in total. The van der Waals surface area contributed by atoms with E-state index < -0.39 is 16.1 Å². The van der Waals surface area contributed by atoms with Gasteiger partial charge in [-0.05, 0) is 35.8 Å². The largest absolute Gasteiger partial charge is 0.319 e. The second kappa shape index (κ2) is 5.31. The highest BCUT2D eigenvalue weighted by Gasteiger charge is 2.24. The van der Waals surface area contributed by atoms with Crippen LogP contribution in [0.2, 0.25) is 0 Å². The van der Waals surface area contributed by atoms with Crippen molar-refractivity contribution in [2.24, 2.45) is 7.05 Å². The van der Waals surface area contributed by atoms with Gasteiger partial charge in [-0.3, -0.25) is 0 Å². The SMILES string of the molecule is Cc1sc(Br)cc1S(=O)(=O)NC(C)c1nncn1C. The summed E-state index contributed by atoms with van der Waals surface area (Å²) < 4.78 is 29.7. The van der Waals surface area contributed by atoms with E-state index in [0.29, 0.717) is 10.7 Å². The van der Waals surface area contributed by atoms with Gasteiger partial charge in [0.2, 0.25) is 10.0 Å². The number of aromatic nitrogens is 3. The van der Waals surface area contributed by atoms with E-state index >= 15 is 0 Å². The molecule has 0 aromatic carbocycles. The topological polar surface area (TPSA) is 76.9 Å². The number of halogens is 1. The lowest BCUT2D eigenvalue weighted by Crippen LogP contribution is -2.28. The molecule has 9 heteroatoms. The van der Waals surface area contributed by atoms with Crippen LogP contribution in [0.1, 0.15) is 23.7 Å². The maximum atomic E-state index is 12.3. The molecule has 0 amide bonds. The summed E-state index contributed by atoms with van der Waals surface area (Å²) in [5.41, 5.74) is 0. The van der Waals surface area contributed by atoms with Gasteiger partial charge in [-0.1, -0.05) is 0 Å². The van der Waals surface area contributed by atoms with Gasteiger partial charge in [0.15, 0.2) is 0 Å². The van der Waals surface area contributed by atoms with Crippen LogP contribution in [0.25, 0.3) is 0 Å². The van der Waals surface area contributed by atoms with Crippen LogP contribution < -0.4 is 4.72 Å². The van der Waals surface area contributed by atoms with Gasteiger partial charge in [-0.15, -0.1) is 21.5 Å². The summed E-state index contributed by atoms with van der Waals surface area (Å²) in [5, 5.41) is 7.64. The Labute approximate surface area is 124 Å². The Morgan fingerprint density at radius 2 is 2.21 bits per heavy atom. The molecule has 0 bridgehead atoms. The van der Waals surface area contributed by atoms with Crippen LogP contribution in [0, 0.1) is 6.92 Å². The Hall–Kier alpha value is -0.770. The molecule has 2 aromatic heterocycles. The van der Waals surface area contributed by atoms with Gasteiger partial charge in [0.05, 0.1) is 14.7 Å². The molecule has 0 aliphatic heterocycles. The van der Waals surface area contributed by atoms with Crippen LogP contribution in [-0.2, 0) is 17.1 Å². The van der Waals surface area contributed by atoms with Gasteiger partial charge in [0.25, 0.3) is 0 Å². The Balaban J connectivity index is 2.28. The van der Waals surface area contributed by atoms with Gasteiger partial charge in [-0.2, -0.15) is 0 Å². The van der Waals surface area contributed by atoms with E-state index in [1.165, 1.54) is 17.7 Å². The predicted molar refractivity (Wildman–Crippen MR) is 76.5 cm³/mol. The van der Waals surface area contributed by atoms with Crippen LogP contribution in [0.5, 0.6) is 0 Å². The van der Waals surface area contributed by atoms with Gasteiger partial charge < -0.3 is 4.57 Å². The molecule has 0 saturated heterocycles. The van der Waals surface area contributed by atoms with E-state index in [2.05, 4.69) is 30.8 Å². The first-order valence-corrected chi connectivity index (χ1v) is 8.52. The van der Waals surface area contributed by atoms with E-state index in [4.69, 9.17) is 0 Å². The minimum absolute atomic E-state index is 0.290. The van der Waals surface area contributed by atoms with Crippen LogP contribution in [0.4, 0.5) is 0 Å². The molecule has 0 radical (unpaired) electrons. The van der Waals surface area contributed by atoms with Gasteiger partial charge in [0.1, 0.15) is 12.2 Å². The third-order valence-electron chi connectivity index (χ3n) is 2.60. The third kappa shape index (κ3) is 3.04. The van der Waals surface area contributed by atoms with Gasteiger partial charge >= 0.3 is 0 Å². The Morgan fingerprint density at radius 3 is 2.68 bits per heavy atom. The average molecular weight is 365 g/mol. The third-order valence-corrected chi connectivity index (χ3v) is 5.95. The number of nitrogens with zero attached hydrogens (tertiary/aromatic N) is 3. The highest BCUT2D eigenvalue weighted by Crippen LogP contribution is 2.30. The first kappa shape index (κ1) is 14.6. The Morgan fingerprint density at radius 1 is 1.53 bits per heavy atom. The molecule has 0 spiro atoms. The lowest BCUT2D eigenvalue weighted by atomic mass is 10.3. The van der Waals surface area contributed by atoms with Crippen molar-refractivity contribution in [2.45, 2.75) is 24.8 Å². The molecule has 0 aliphatic rings. The fourth-order valence-corrected chi connectivity index (χ4v) is 5.35. The van der Waals surface area contributed by atoms with Crippen LogP contribution in [-0.4, -0.2) is 23.2 Å². The van der Waals surface area contributed by atoms with Crippen LogP contribution >= 0.6 is 27.3 Å². The van der Waals surface area contributed by atoms with E-state index in [-0.39, 0.29) is 0 Å². The Bertz CT molecular complexity index is 692. The number of sulfonamides is 1. The fourth-order valence-electron chi connectivity index (χ4n) is 1.73. The fraction of sp³-hybridized carbons (Fsp3) is 0.400. The zero-order valence-corrected chi connectivity index (χ0v) is 13.8. The normalized spacial score (nSPS) is 13.7. The molecule has 2 heterocycles. The number of hydrogen-bond acceptors (Lipinski definition) is 5. The zero-order chi connectivity index (χ0) is 14.2. The first-order valence-electron chi connectivity index (χ1n) is 5.43. The van der Waals surface area contributed by atoms with E-state index in [9.17, 15) is 8.42 Å². The number of rotatable bonds is 4. The van der Waals surface area contributed by atoms with Gasteiger partial charge in [0, 0.05) is 11.9 Å². The summed E-state index contributed by atoms with van der Waals surface area (Å²) in [6.45, 7) is 3.51. The lowest BCUT2D eigenvalue weighted by molar-refractivity contribution is 0.553. The summed E-state index contributed by atoms with van der Waals surface area (Å²) in [4.78, 5) is 1.03. The average Bonchev–Trinajstić information content (AvgIpc) is 2.84. The number of hydrogen-bond donors (Lipinski definition) is 1. The smallest absolute Gasteiger partial charge is 0.242 e. The van der Waals surface area contributed by atoms with Crippen molar-refractivity contribution in [3.05, 3.63) is 26.9 Å². The summed E-state index contributed by atoms with van der Waals surface area (Å²) in [5.74, 6) is 0.565. The van der Waals surface area contributed by atoms with Crippen molar-refractivity contribution >= 4 is 37.3 Å². The van der Waals surface area contributed by atoms with E-state index in [0.717, 1.165) is 8.66 Å². The summed E-state index contributed by atoms with van der Waals surface area (Å²) >= 11 is 4.68. The number of thiophene rings is 1. The minimum atomic E-state index is -3.56. The maximum absolute atomic E-state index is 12.3. The predicted octanol–water partition coefficient (Wildman–Crippen LogP) is 1.99. The van der Waals surface area contributed by atoms with Gasteiger partial charge in [-0.25, -0.2) is 13.1 Å². The van der Waals surface area contributed by atoms with Crippen LogP contribution in [0.3, 0.4) is 0 Å². The van der Waals surface area contributed by atoms with Crippen LogP contribution in [0.15, 0.2) is 21.1 Å². The highest BCUT2D eigenvalue weighted by atomic mass is 79.9. The molecule has 0 saturated carbocycles. The standard InChI is InChI=1S/C10H13BrN4O2S2/c1-6(10-13-12-5-15(10)3)14-19(16,17)8-4-9(11)18-7(8)2/h4-6,14H,1-3H3. The quantitative estimate of drug-likeness (QED) is 0.899. The molecule has 19 heavy (non-hydrogen) atoms. The van der Waals surface area contributed by atoms with Crippen molar-refractivity contribution < 1.29 is 8.42 Å². The molecule has 2 aromatic rings. The summed E-state index contributed by atoms with van der Waals surface area (Å²) in [6.07, 6.45) is 1.53. The first-order chi connectivity index (χ1) is 8.81. The van der Waals surface area contributed by atoms with Crippen molar-refractivity contribution in [1.29, 1.82) is 0 Å². The molecule has 1 atom stereocenters. The number of nitrogens with one attached hydrogen (secondary N) is 1. The van der Waals surface area contributed by atoms with Crippen molar-refractivity contribution in [3.63, 3.8) is 0 Å². The molecular weight excluding hydrogens is 352 g/mol.